The van der Waals surface area contributed by atoms with Crippen molar-refractivity contribution in [3.63, 3.8) is 0 Å². The van der Waals surface area contributed by atoms with Crippen LogP contribution in [0.4, 0.5) is 5.13 Å². The van der Waals surface area contributed by atoms with E-state index in [2.05, 4.69) is 21.6 Å². The molecule has 0 aliphatic heterocycles. The number of unbranched alkanes of at least 4 members (excludes halogenated alkanes) is 1. The fourth-order valence-corrected chi connectivity index (χ4v) is 2.92. The van der Waals surface area contributed by atoms with E-state index < -0.39 is 0 Å². The van der Waals surface area contributed by atoms with Crippen LogP contribution >= 0.6 is 11.5 Å². The van der Waals surface area contributed by atoms with Gasteiger partial charge >= 0.3 is 0 Å². The minimum Gasteiger partial charge on any atom is -0.497 e. The van der Waals surface area contributed by atoms with E-state index in [1.54, 1.807) is 31.4 Å². The Bertz CT molecular complexity index is 876. The van der Waals surface area contributed by atoms with Gasteiger partial charge in [-0.3, -0.25) is 10.1 Å². The van der Waals surface area contributed by atoms with Gasteiger partial charge in [-0.05, 0) is 55.0 Å². The lowest BCUT2D eigenvalue weighted by molar-refractivity contribution is 0.102. The number of amides is 1. The number of nitrogens with one attached hydrogen (secondary N) is 1. The molecule has 0 atom stereocenters. The van der Waals surface area contributed by atoms with Crippen LogP contribution in [0.2, 0.25) is 0 Å². The molecule has 0 radical (unpaired) electrons. The zero-order valence-electron chi connectivity index (χ0n) is 15.3. The minimum atomic E-state index is -0.229. The Labute approximate surface area is 162 Å². The fourth-order valence-electron chi connectivity index (χ4n) is 2.34. The molecular weight excluding hydrogens is 362 g/mol. The first kappa shape index (κ1) is 18.8. The van der Waals surface area contributed by atoms with Crippen LogP contribution in [0, 0.1) is 0 Å². The number of rotatable bonds is 8. The maximum absolute atomic E-state index is 12.4. The lowest BCUT2D eigenvalue weighted by atomic mass is 10.2. The molecule has 1 amide bonds. The van der Waals surface area contributed by atoms with Crippen molar-refractivity contribution in [1.29, 1.82) is 0 Å². The average Bonchev–Trinajstić information content (AvgIpc) is 3.17. The quantitative estimate of drug-likeness (QED) is 0.574. The molecular formula is C20H21N3O3S. The molecule has 0 bridgehead atoms. The lowest BCUT2D eigenvalue weighted by Gasteiger charge is -2.06. The molecule has 0 unspecified atom stereocenters. The van der Waals surface area contributed by atoms with Crippen molar-refractivity contribution >= 4 is 22.6 Å². The van der Waals surface area contributed by atoms with Crippen LogP contribution in [0.1, 0.15) is 30.1 Å². The van der Waals surface area contributed by atoms with E-state index in [0.717, 1.165) is 41.4 Å². The third-order valence-corrected chi connectivity index (χ3v) is 4.51. The summed E-state index contributed by atoms with van der Waals surface area (Å²) < 4.78 is 15.1. The van der Waals surface area contributed by atoms with E-state index in [0.29, 0.717) is 23.1 Å². The highest BCUT2D eigenvalue weighted by Gasteiger charge is 2.11. The molecule has 140 valence electrons. The Balaban J connectivity index is 1.61. The maximum atomic E-state index is 12.4. The standard InChI is InChI=1S/C20H21N3O3S/c1-3-4-13-26-17-11-7-15(8-12-17)19(24)22-20-21-18(23-27-20)14-5-9-16(25-2)10-6-14/h5-12H,3-4,13H2,1-2H3,(H,21,22,23,24). The van der Waals surface area contributed by atoms with Gasteiger partial charge in [0.25, 0.3) is 5.91 Å². The predicted octanol–water partition coefficient (Wildman–Crippen LogP) is 4.64. The van der Waals surface area contributed by atoms with Crippen LogP contribution in [0.5, 0.6) is 11.5 Å². The summed E-state index contributed by atoms with van der Waals surface area (Å²) in [6.45, 7) is 2.80. The van der Waals surface area contributed by atoms with E-state index in [9.17, 15) is 4.79 Å². The van der Waals surface area contributed by atoms with Crippen LogP contribution in [-0.2, 0) is 0 Å². The van der Waals surface area contributed by atoms with E-state index in [1.165, 1.54) is 0 Å². The Morgan fingerprint density at radius 2 is 1.78 bits per heavy atom. The lowest BCUT2D eigenvalue weighted by Crippen LogP contribution is -2.11. The maximum Gasteiger partial charge on any atom is 0.257 e. The molecule has 0 aliphatic rings. The summed E-state index contributed by atoms with van der Waals surface area (Å²) in [6, 6.07) is 14.5. The van der Waals surface area contributed by atoms with Crippen molar-refractivity contribution in [2.45, 2.75) is 19.8 Å². The van der Waals surface area contributed by atoms with E-state index >= 15 is 0 Å². The second-order valence-corrected chi connectivity index (χ2v) is 6.58. The van der Waals surface area contributed by atoms with Gasteiger partial charge < -0.3 is 9.47 Å². The number of methoxy groups -OCH3 is 1. The van der Waals surface area contributed by atoms with Gasteiger partial charge in [0.15, 0.2) is 5.82 Å². The van der Waals surface area contributed by atoms with Crippen LogP contribution in [0.3, 0.4) is 0 Å². The number of carbonyl (C=O) groups excluding carboxylic acids is 1. The molecule has 0 fully saturated rings. The number of nitrogens with zero attached hydrogens (tertiary/aromatic N) is 2. The van der Waals surface area contributed by atoms with Crippen LogP contribution in [0.15, 0.2) is 48.5 Å². The third-order valence-electron chi connectivity index (χ3n) is 3.88. The van der Waals surface area contributed by atoms with Gasteiger partial charge in [0.1, 0.15) is 11.5 Å². The van der Waals surface area contributed by atoms with Crippen molar-refractivity contribution in [3.8, 4) is 22.9 Å². The molecule has 7 heteroatoms. The predicted molar refractivity (Wildman–Crippen MR) is 107 cm³/mol. The minimum absolute atomic E-state index is 0.229. The molecule has 1 aromatic heterocycles. The zero-order valence-corrected chi connectivity index (χ0v) is 16.1. The van der Waals surface area contributed by atoms with Gasteiger partial charge in [0, 0.05) is 22.7 Å². The van der Waals surface area contributed by atoms with Crippen LogP contribution < -0.4 is 14.8 Å². The summed E-state index contributed by atoms with van der Waals surface area (Å²) >= 11 is 1.15. The number of anilines is 1. The first-order valence-corrected chi connectivity index (χ1v) is 9.49. The number of hydrogen-bond acceptors (Lipinski definition) is 6. The molecule has 6 nitrogen and oxygen atoms in total. The molecule has 0 aliphatic carbocycles. The smallest absolute Gasteiger partial charge is 0.257 e. The summed E-state index contributed by atoms with van der Waals surface area (Å²) in [4.78, 5) is 16.8. The first-order chi connectivity index (χ1) is 13.2. The van der Waals surface area contributed by atoms with Crippen LogP contribution in [0.25, 0.3) is 11.4 Å². The Morgan fingerprint density at radius 1 is 1.07 bits per heavy atom. The summed E-state index contributed by atoms with van der Waals surface area (Å²) in [5.41, 5.74) is 1.40. The van der Waals surface area contributed by atoms with Crippen LogP contribution in [-0.4, -0.2) is 29.0 Å². The molecule has 0 saturated carbocycles. The highest BCUT2D eigenvalue weighted by molar-refractivity contribution is 7.10. The van der Waals surface area contributed by atoms with Gasteiger partial charge in [-0.25, -0.2) is 0 Å². The molecule has 0 spiro atoms. The van der Waals surface area contributed by atoms with E-state index in [4.69, 9.17) is 9.47 Å². The average molecular weight is 383 g/mol. The summed E-state index contributed by atoms with van der Waals surface area (Å²) in [7, 11) is 1.62. The van der Waals surface area contributed by atoms with Crippen molar-refractivity contribution in [2.24, 2.45) is 0 Å². The number of aromatic nitrogens is 2. The topological polar surface area (TPSA) is 73.3 Å². The summed E-state index contributed by atoms with van der Waals surface area (Å²) in [6.07, 6.45) is 2.09. The highest BCUT2D eigenvalue weighted by atomic mass is 32.1. The van der Waals surface area contributed by atoms with Gasteiger partial charge in [-0.2, -0.15) is 9.36 Å². The monoisotopic (exact) mass is 383 g/mol. The van der Waals surface area contributed by atoms with Crippen molar-refractivity contribution in [3.05, 3.63) is 54.1 Å². The van der Waals surface area contributed by atoms with Gasteiger partial charge in [0.05, 0.1) is 13.7 Å². The van der Waals surface area contributed by atoms with Crippen molar-refractivity contribution in [1.82, 2.24) is 9.36 Å². The number of carbonyl (C=O) groups is 1. The Hall–Kier alpha value is -2.93. The normalized spacial score (nSPS) is 10.4. The highest BCUT2D eigenvalue weighted by Crippen LogP contribution is 2.24. The van der Waals surface area contributed by atoms with Gasteiger partial charge in [-0.15, -0.1) is 0 Å². The molecule has 3 rings (SSSR count). The molecule has 2 aromatic carbocycles. The largest absolute Gasteiger partial charge is 0.497 e. The SMILES string of the molecule is CCCCOc1ccc(C(=O)Nc2nc(-c3ccc(OC)cc3)ns2)cc1. The molecule has 1 N–H and O–H groups in total. The number of ether oxygens (including phenoxy) is 2. The first-order valence-electron chi connectivity index (χ1n) is 8.72. The van der Waals surface area contributed by atoms with Crippen molar-refractivity contribution < 1.29 is 14.3 Å². The van der Waals surface area contributed by atoms with Crippen molar-refractivity contribution in [2.75, 3.05) is 19.0 Å². The second-order valence-electron chi connectivity index (χ2n) is 5.83. The Morgan fingerprint density at radius 3 is 2.44 bits per heavy atom. The summed E-state index contributed by atoms with van der Waals surface area (Å²) in [5, 5.41) is 3.24. The summed E-state index contributed by atoms with van der Waals surface area (Å²) in [5.74, 6) is 1.87. The second kappa shape index (κ2) is 9.14. The molecule has 0 saturated heterocycles. The zero-order chi connectivity index (χ0) is 19.1. The Kier molecular flexibility index (Phi) is 6.38. The number of benzene rings is 2. The number of hydrogen-bond donors (Lipinski definition) is 1. The molecule has 3 aromatic rings. The van der Waals surface area contributed by atoms with E-state index in [-0.39, 0.29) is 5.91 Å². The van der Waals surface area contributed by atoms with Gasteiger partial charge in [-0.1, -0.05) is 13.3 Å². The molecule has 27 heavy (non-hydrogen) atoms. The van der Waals surface area contributed by atoms with Gasteiger partial charge in [0.2, 0.25) is 5.13 Å². The van der Waals surface area contributed by atoms with E-state index in [1.807, 2.05) is 24.3 Å². The molecule has 1 heterocycles. The fraction of sp³-hybridized carbons (Fsp3) is 0.250. The third kappa shape index (κ3) is 5.04.